The molecule has 0 amide bonds. The first-order chi connectivity index (χ1) is 11.2. The van der Waals surface area contributed by atoms with Crippen LogP contribution in [0.5, 0.6) is 0 Å². The van der Waals surface area contributed by atoms with Crippen LogP contribution in [0.25, 0.3) is 11.0 Å². The van der Waals surface area contributed by atoms with Gasteiger partial charge in [0, 0.05) is 10.4 Å². The standard InChI is InChI=1S/C15H13Cl2N3O3/c16-11-4-10-5-13(23-14(10)12(17)6-11)15(21-2-1-3-22-15)7-20-9-18-8-19-20/h4-6,8-9H,1-3,7H2. The minimum absolute atomic E-state index is 0.332. The molecular weight excluding hydrogens is 341 g/mol. The highest BCUT2D eigenvalue weighted by Crippen LogP contribution is 2.38. The molecular formula is C15H13Cl2N3O3. The zero-order valence-electron chi connectivity index (χ0n) is 12.0. The Balaban J connectivity index is 1.81. The van der Waals surface area contributed by atoms with Crippen molar-refractivity contribution in [1.82, 2.24) is 14.8 Å². The fraction of sp³-hybridized carbons (Fsp3) is 0.333. The van der Waals surface area contributed by atoms with Crippen molar-refractivity contribution < 1.29 is 13.9 Å². The van der Waals surface area contributed by atoms with E-state index in [2.05, 4.69) is 10.1 Å². The Morgan fingerprint density at radius 2 is 2.00 bits per heavy atom. The number of hydrogen-bond donors (Lipinski definition) is 0. The molecule has 3 aromatic rings. The normalized spacial score (nSPS) is 17.7. The van der Waals surface area contributed by atoms with Crippen molar-refractivity contribution in [2.45, 2.75) is 18.8 Å². The number of rotatable bonds is 3. The van der Waals surface area contributed by atoms with Crippen molar-refractivity contribution in [1.29, 1.82) is 0 Å². The van der Waals surface area contributed by atoms with Crippen LogP contribution in [0, 0.1) is 0 Å². The molecule has 6 nitrogen and oxygen atoms in total. The molecule has 0 aliphatic carbocycles. The first kappa shape index (κ1) is 15.0. The summed E-state index contributed by atoms with van der Waals surface area (Å²) in [5.41, 5.74) is 0.557. The number of aromatic nitrogens is 3. The van der Waals surface area contributed by atoms with Gasteiger partial charge >= 0.3 is 0 Å². The zero-order chi connectivity index (χ0) is 15.9. The third-order valence-electron chi connectivity index (χ3n) is 3.71. The van der Waals surface area contributed by atoms with Crippen molar-refractivity contribution in [3.8, 4) is 0 Å². The minimum atomic E-state index is -1.05. The molecule has 3 heterocycles. The van der Waals surface area contributed by atoms with Crippen LogP contribution < -0.4 is 0 Å². The molecule has 2 aromatic heterocycles. The fourth-order valence-electron chi connectivity index (χ4n) is 2.68. The van der Waals surface area contributed by atoms with E-state index in [9.17, 15) is 0 Å². The van der Waals surface area contributed by atoms with Gasteiger partial charge in [-0.3, -0.25) is 0 Å². The van der Waals surface area contributed by atoms with Gasteiger partial charge in [0.2, 0.25) is 5.79 Å². The van der Waals surface area contributed by atoms with Gasteiger partial charge in [-0.15, -0.1) is 0 Å². The second kappa shape index (κ2) is 5.79. The topological polar surface area (TPSA) is 62.3 Å². The number of halogens is 2. The van der Waals surface area contributed by atoms with E-state index in [1.54, 1.807) is 23.1 Å². The van der Waals surface area contributed by atoms with Crippen molar-refractivity contribution in [2.75, 3.05) is 13.2 Å². The van der Waals surface area contributed by atoms with Crippen LogP contribution in [-0.2, 0) is 21.8 Å². The van der Waals surface area contributed by atoms with Crippen LogP contribution >= 0.6 is 23.2 Å². The molecule has 8 heteroatoms. The summed E-state index contributed by atoms with van der Waals surface area (Å²) in [6.45, 7) is 1.47. The average Bonchev–Trinajstić information content (AvgIpc) is 3.17. The quantitative estimate of drug-likeness (QED) is 0.719. The van der Waals surface area contributed by atoms with Crippen LogP contribution in [0.4, 0.5) is 0 Å². The highest BCUT2D eigenvalue weighted by Gasteiger charge is 2.41. The summed E-state index contributed by atoms with van der Waals surface area (Å²) in [7, 11) is 0. The summed E-state index contributed by atoms with van der Waals surface area (Å²) < 4.78 is 19.5. The second-order valence-corrected chi connectivity index (χ2v) is 6.16. The summed E-state index contributed by atoms with van der Waals surface area (Å²) >= 11 is 12.3. The SMILES string of the molecule is Clc1cc(Cl)c2oc(C3(Cn4cncn4)OCCCO3)cc2c1. The van der Waals surface area contributed by atoms with Gasteiger partial charge in [0.05, 0.1) is 18.2 Å². The molecule has 1 aliphatic heterocycles. The second-order valence-electron chi connectivity index (χ2n) is 5.31. The highest BCUT2D eigenvalue weighted by atomic mass is 35.5. The number of hydrogen-bond acceptors (Lipinski definition) is 5. The van der Waals surface area contributed by atoms with Crippen LogP contribution in [0.2, 0.25) is 10.0 Å². The molecule has 1 fully saturated rings. The lowest BCUT2D eigenvalue weighted by atomic mass is 10.1. The molecule has 0 bridgehead atoms. The van der Waals surface area contributed by atoms with E-state index in [1.807, 2.05) is 6.07 Å². The van der Waals surface area contributed by atoms with E-state index in [1.165, 1.54) is 6.33 Å². The molecule has 120 valence electrons. The number of benzene rings is 1. The largest absolute Gasteiger partial charge is 0.454 e. The lowest BCUT2D eigenvalue weighted by molar-refractivity contribution is -0.292. The molecule has 0 atom stereocenters. The zero-order valence-corrected chi connectivity index (χ0v) is 13.5. The van der Waals surface area contributed by atoms with Crippen molar-refractivity contribution in [2.24, 2.45) is 0 Å². The molecule has 1 aromatic carbocycles. The van der Waals surface area contributed by atoms with Crippen molar-refractivity contribution in [3.63, 3.8) is 0 Å². The molecule has 1 saturated heterocycles. The van der Waals surface area contributed by atoms with Gasteiger partial charge in [0.1, 0.15) is 19.2 Å². The fourth-order valence-corrected chi connectivity index (χ4v) is 3.23. The Morgan fingerprint density at radius 3 is 2.74 bits per heavy atom. The van der Waals surface area contributed by atoms with Crippen LogP contribution in [0.15, 0.2) is 35.3 Å². The molecule has 4 rings (SSSR count). The number of fused-ring (bicyclic) bond motifs is 1. The highest BCUT2D eigenvalue weighted by molar-refractivity contribution is 6.38. The number of ether oxygens (including phenoxy) is 2. The lowest BCUT2D eigenvalue weighted by Gasteiger charge is -2.35. The van der Waals surface area contributed by atoms with Crippen LogP contribution in [0.1, 0.15) is 12.2 Å². The van der Waals surface area contributed by atoms with E-state index in [0.717, 1.165) is 11.8 Å². The summed E-state index contributed by atoms with van der Waals surface area (Å²) in [4.78, 5) is 3.95. The van der Waals surface area contributed by atoms with E-state index in [0.29, 0.717) is 41.1 Å². The van der Waals surface area contributed by atoms with Gasteiger partial charge in [-0.1, -0.05) is 23.2 Å². The van der Waals surface area contributed by atoms with E-state index in [-0.39, 0.29) is 0 Å². The molecule has 0 saturated carbocycles. The van der Waals surface area contributed by atoms with Crippen LogP contribution in [0.3, 0.4) is 0 Å². The van der Waals surface area contributed by atoms with E-state index < -0.39 is 5.79 Å². The van der Waals surface area contributed by atoms with Crippen LogP contribution in [-0.4, -0.2) is 28.0 Å². The van der Waals surface area contributed by atoms with Gasteiger partial charge < -0.3 is 13.9 Å². The van der Waals surface area contributed by atoms with Crippen molar-refractivity contribution >= 4 is 34.2 Å². The predicted molar refractivity (Wildman–Crippen MR) is 84.5 cm³/mol. The Morgan fingerprint density at radius 1 is 1.17 bits per heavy atom. The van der Waals surface area contributed by atoms with E-state index >= 15 is 0 Å². The molecule has 0 unspecified atom stereocenters. The van der Waals surface area contributed by atoms with Gasteiger partial charge in [-0.05, 0) is 24.6 Å². The van der Waals surface area contributed by atoms with Gasteiger partial charge in [-0.2, -0.15) is 5.10 Å². The smallest absolute Gasteiger partial charge is 0.248 e. The van der Waals surface area contributed by atoms with E-state index in [4.69, 9.17) is 37.1 Å². The van der Waals surface area contributed by atoms with Crippen molar-refractivity contribution in [3.05, 3.63) is 46.7 Å². The molecule has 1 aliphatic rings. The summed E-state index contributed by atoms with van der Waals surface area (Å²) in [5, 5.41) is 5.92. The Hall–Kier alpha value is -1.60. The third-order valence-corrected chi connectivity index (χ3v) is 4.21. The Bertz CT molecular complexity index is 826. The minimum Gasteiger partial charge on any atom is -0.454 e. The summed E-state index contributed by atoms with van der Waals surface area (Å²) in [5.74, 6) is -0.521. The van der Waals surface area contributed by atoms with Gasteiger partial charge in [0.15, 0.2) is 11.3 Å². The average molecular weight is 354 g/mol. The Labute approximate surface area is 141 Å². The van der Waals surface area contributed by atoms with Gasteiger partial charge in [-0.25, -0.2) is 9.67 Å². The monoisotopic (exact) mass is 353 g/mol. The first-order valence-electron chi connectivity index (χ1n) is 7.16. The number of nitrogens with zero attached hydrogens (tertiary/aromatic N) is 3. The maximum atomic E-state index is 6.22. The number of furan rings is 1. The lowest BCUT2D eigenvalue weighted by Crippen LogP contribution is -2.41. The maximum Gasteiger partial charge on any atom is 0.248 e. The molecule has 0 spiro atoms. The molecule has 0 N–H and O–H groups in total. The predicted octanol–water partition coefficient (Wildman–Crippen LogP) is 3.62. The van der Waals surface area contributed by atoms with Gasteiger partial charge in [0.25, 0.3) is 0 Å². The molecule has 0 radical (unpaired) electrons. The summed E-state index contributed by atoms with van der Waals surface area (Å²) in [6.07, 6.45) is 3.90. The first-order valence-corrected chi connectivity index (χ1v) is 7.91. The maximum absolute atomic E-state index is 6.22. The Kier molecular flexibility index (Phi) is 3.77. The summed E-state index contributed by atoms with van der Waals surface area (Å²) in [6, 6.07) is 5.28. The third kappa shape index (κ3) is 2.72. The molecule has 23 heavy (non-hydrogen) atoms.